The van der Waals surface area contributed by atoms with Gasteiger partial charge in [0, 0.05) is 19.2 Å². The predicted octanol–water partition coefficient (Wildman–Crippen LogP) is 1.75. The maximum absolute atomic E-state index is 6.03. The lowest BCUT2D eigenvalue weighted by atomic mass is 10.4. The normalized spacial score (nSPS) is 11.0. The van der Waals surface area contributed by atoms with Crippen LogP contribution in [-0.2, 0) is 6.42 Å². The number of rotatable bonds is 3. The van der Waals surface area contributed by atoms with Crippen LogP contribution in [0.2, 0.25) is 5.02 Å². The number of aromatic nitrogens is 2. The Labute approximate surface area is 87.7 Å². The van der Waals surface area contributed by atoms with Crippen molar-refractivity contribution in [2.24, 2.45) is 0 Å². The SMILES string of the molecule is CNCCc1ncc2c(Cl)cccn12. The zero-order valence-electron chi connectivity index (χ0n) is 8.00. The summed E-state index contributed by atoms with van der Waals surface area (Å²) in [6.07, 6.45) is 4.71. The first-order valence-corrected chi connectivity index (χ1v) is 4.96. The molecular weight excluding hydrogens is 198 g/mol. The lowest BCUT2D eigenvalue weighted by Gasteiger charge is -2.01. The first kappa shape index (κ1) is 9.49. The van der Waals surface area contributed by atoms with Crippen molar-refractivity contribution < 1.29 is 0 Å². The van der Waals surface area contributed by atoms with E-state index in [9.17, 15) is 0 Å². The lowest BCUT2D eigenvalue weighted by Crippen LogP contribution is -2.12. The molecule has 0 aliphatic carbocycles. The van der Waals surface area contributed by atoms with E-state index in [1.165, 1.54) is 0 Å². The van der Waals surface area contributed by atoms with Crippen molar-refractivity contribution in [3.05, 3.63) is 35.4 Å². The van der Waals surface area contributed by atoms with Gasteiger partial charge in [-0.3, -0.25) is 0 Å². The van der Waals surface area contributed by atoms with Crippen molar-refractivity contribution in [2.75, 3.05) is 13.6 Å². The number of hydrogen-bond donors (Lipinski definition) is 1. The first-order valence-electron chi connectivity index (χ1n) is 4.58. The second-order valence-electron chi connectivity index (χ2n) is 3.14. The van der Waals surface area contributed by atoms with Gasteiger partial charge >= 0.3 is 0 Å². The average molecular weight is 210 g/mol. The van der Waals surface area contributed by atoms with Crippen molar-refractivity contribution in [3.8, 4) is 0 Å². The van der Waals surface area contributed by atoms with E-state index in [1.54, 1.807) is 0 Å². The largest absolute Gasteiger partial charge is 0.319 e. The minimum absolute atomic E-state index is 0.746. The minimum atomic E-state index is 0.746. The van der Waals surface area contributed by atoms with E-state index < -0.39 is 0 Å². The molecule has 74 valence electrons. The molecule has 0 amide bonds. The topological polar surface area (TPSA) is 29.3 Å². The molecule has 0 saturated carbocycles. The van der Waals surface area contributed by atoms with Crippen LogP contribution >= 0.6 is 11.6 Å². The molecule has 0 bridgehead atoms. The fourth-order valence-corrected chi connectivity index (χ4v) is 1.68. The first-order chi connectivity index (χ1) is 6.83. The summed E-state index contributed by atoms with van der Waals surface area (Å²) >= 11 is 6.03. The molecule has 2 heterocycles. The maximum Gasteiger partial charge on any atom is 0.114 e. The molecular formula is C10H12ClN3. The monoisotopic (exact) mass is 209 g/mol. The third-order valence-corrected chi connectivity index (χ3v) is 2.51. The van der Waals surface area contributed by atoms with Crippen LogP contribution in [0.3, 0.4) is 0 Å². The third-order valence-electron chi connectivity index (χ3n) is 2.19. The van der Waals surface area contributed by atoms with Gasteiger partial charge in [-0.2, -0.15) is 0 Å². The molecule has 0 aliphatic rings. The highest BCUT2D eigenvalue weighted by molar-refractivity contribution is 6.33. The molecule has 0 aliphatic heterocycles. The van der Waals surface area contributed by atoms with Crippen LogP contribution in [-0.4, -0.2) is 23.0 Å². The van der Waals surface area contributed by atoms with E-state index in [0.717, 1.165) is 29.3 Å². The molecule has 0 fully saturated rings. The summed E-state index contributed by atoms with van der Waals surface area (Å²) in [6.45, 7) is 0.922. The molecule has 4 heteroatoms. The minimum Gasteiger partial charge on any atom is -0.319 e. The fraction of sp³-hybridized carbons (Fsp3) is 0.300. The van der Waals surface area contributed by atoms with Crippen molar-refractivity contribution >= 4 is 17.1 Å². The van der Waals surface area contributed by atoms with Crippen LogP contribution < -0.4 is 5.32 Å². The van der Waals surface area contributed by atoms with Crippen LogP contribution in [0.5, 0.6) is 0 Å². The Morgan fingerprint density at radius 3 is 3.21 bits per heavy atom. The van der Waals surface area contributed by atoms with Gasteiger partial charge in [-0.25, -0.2) is 4.98 Å². The van der Waals surface area contributed by atoms with E-state index in [-0.39, 0.29) is 0 Å². The average Bonchev–Trinajstić information content (AvgIpc) is 2.60. The predicted molar refractivity (Wildman–Crippen MR) is 57.8 cm³/mol. The maximum atomic E-state index is 6.03. The van der Waals surface area contributed by atoms with E-state index in [1.807, 2.05) is 36.0 Å². The van der Waals surface area contributed by atoms with Gasteiger partial charge in [0.05, 0.1) is 16.7 Å². The number of likely N-dealkylation sites (N-methyl/N-ethyl adjacent to an activating group) is 1. The lowest BCUT2D eigenvalue weighted by molar-refractivity contribution is 0.753. The van der Waals surface area contributed by atoms with Crippen molar-refractivity contribution in [2.45, 2.75) is 6.42 Å². The van der Waals surface area contributed by atoms with Crippen molar-refractivity contribution in [1.29, 1.82) is 0 Å². The highest BCUT2D eigenvalue weighted by atomic mass is 35.5. The van der Waals surface area contributed by atoms with E-state index in [2.05, 4.69) is 10.3 Å². The number of pyridine rings is 1. The van der Waals surface area contributed by atoms with Crippen LogP contribution in [0.15, 0.2) is 24.5 Å². The molecule has 1 N–H and O–H groups in total. The number of fused-ring (bicyclic) bond motifs is 1. The standard InChI is InChI=1S/C10H12ClN3/c1-12-5-4-10-13-7-9-8(11)3-2-6-14(9)10/h2-3,6-7,12H,4-5H2,1H3. The summed E-state index contributed by atoms with van der Waals surface area (Å²) in [5.74, 6) is 1.04. The molecule has 3 nitrogen and oxygen atoms in total. The number of hydrogen-bond acceptors (Lipinski definition) is 2. The zero-order valence-corrected chi connectivity index (χ0v) is 8.75. The van der Waals surface area contributed by atoms with E-state index in [4.69, 9.17) is 11.6 Å². The second-order valence-corrected chi connectivity index (χ2v) is 3.55. The molecule has 0 atom stereocenters. The molecule has 2 aromatic rings. The van der Waals surface area contributed by atoms with Gasteiger partial charge < -0.3 is 9.72 Å². The Morgan fingerprint density at radius 1 is 1.57 bits per heavy atom. The van der Waals surface area contributed by atoms with Crippen molar-refractivity contribution in [3.63, 3.8) is 0 Å². The molecule has 2 aromatic heterocycles. The van der Waals surface area contributed by atoms with Gasteiger partial charge in [-0.05, 0) is 19.2 Å². The molecule has 0 radical (unpaired) electrons. The molecule has 14 heavy (non-hydrogen) atoms. The molecule has 0 aromatic carbocycles. The summed E-state index contributed by atoms with van der Waals surface area (Å²) in [5, 5.41) is 3.84. The summed E-state index contributed by atoms with van der Waals surface area (Å²) in [4.78, 5) is 4.33. The van der Waals surface area contributed by atoms with Crippen molar-refractivity contribution in [1.82, 2.24) is 14.7 Å². The van der Waals surface area contributed by atoms with Crippen LogP contribution in [0, 0.1) is 0 Å². The molecule has 0 unspecified atom stereocenters. The van der Waals surface area contributed by atoms with E-state index in [0.29, 0.717) is 0 Å². The van der Waals surface area contributed by atoms with Gasteiger partial charge in [-0.15, -0.1) is 0 Å². The van der Waals surface area contributed by atoms with Gasteiger partial charge in [0.2, 0.25) is 0 Å². The third kappa shape index (κ3) is 1.61. The summed E-state index contributed by atoms with van der Waals surface area (Å²) in [7, 11) is 1.93. The van der Waals surface area contributed by atoms with Crippen LogP contribution in [0.4, 0.5) is 0 Å². The number of imidazole rings is 1. The Bertz CT molecular complexity index is 436. The van der Waals surface area contributed by atoms with Crippen LogP contribution in [0.1, 0.15) is 5.82 Å². The number of nitrogens with one attached hydrogen (secondary N) is 1. The summed E-state index contributed by atoms with van der Waals surface area (Å²) in [6, 6.07) is 3.81. The molecule has 0 spiro atoms. The smallest absolute Gasteiger partial charge is 0.114 e. The van der Waals surface area contributed by atoms with Gasteiger partial charge in [-0.1, -0.05) is 11.6 Å². The zero-order chi connectivity index (χ0) is 9.97. The highest BCUT2D eigenvalue weighted by Gasteiger charge is 2.04. The Morgan fingerprint density at radius 2 is 2.43 bits per heavy atom. The summed E-state index contributed by atoms with van der Waals surface area (Å²) < 4.78 is 2.03. The summed E-state index contributed by atoms with van der Waals surface area (Å²) in [5.41, 5.74) is 0.972. The van der Waals surface area contributed by atoms with Gasteiger partial charge in [0.25, 0.3) is 0 Å². The Balaban J connectivity index is 2.42. The molecule has 0 saturated heterocycles. The fourth-order valence-electron chi connectivity index (χ4n) is 1.46. The van der Waals surface area contributed by atoms with E-state index >= 15 is 0 Å². The second kappa shape index (κ2) is 3.98. The van der Waals surface area contributed by atoms with Gasteiger partial charge in [0.15, 0.2) is 0 Å². The van der Waals surface area contributed by atoms with Gasteiger partial charge in [0.1, 0.15) is 5.82 Å². The highest BCUT2D eigenvalue weighted by Crippen LogP contribution is 2.17. The van der Waals surface area contributed by atoms with Crippen LogP contribution in [0.25, 0.3) is 5.52 Å². The number of halogens is 1. The quantitative estimate of drug-likeness (QED) is 0.835. The number of nitrogens with zero attached hydrogens (tertiary/aromatic N) is 2. The Hall–Kier alpha value is -1.06. The Kier molecular flexibility index (Phi) is 2.70. The molecule has 2 rings (SSSR count).